The number of rotatable bonds is 8. The fraction of sp³-hybridized carbons (Fsp3) is 0.455. The smallest absolute Gasteiger partial charge is 0.293 e. The zero-order chi connectivity index (χ0) is 15.2. The van der Waals surface area contributed by atoms with Gasteiger partial charge >= 0.3 is 0 Å². The van der Waals surface area contributed by atoms with Crippen LogP contribution in [0.25, 0.3) is 0 Å². The summed E-state index contributed by atoms with van der Waals surface area (Å²) >= 11 is 0. The van der Waals surface area contributed by atoms with Crippen molar-refractivity contribution in [2.45, 2.75) is 11.3 Å². The van der Waals surface area contributed by atoms with Gasteiger partial charge < -0.3 is 10.1 Å². The third-order valence-corrected chi connectivity index (χ3v) is 4.00. The van der Waals surface area contributed by atoms with Gasteiger partial charge in [-0.15, -0.1) is 0 Å². The Morgan fingerprint density at radius 2 is 2.10 bits per heavy atom. The molecule has 0 atom stereocenters. The molecule has 2 N–H and O–H groups in total. The maximum atomic E-state index is 11.6. The predicted molar refractivity (Wildman–Crippen MR) is 74.3 cm³/mol. The molecule has 0 saturated carbocycles. The summed E-state index contributed by atoms with van der Waals surface area (Å²) in [7, 11) is -0.885. The van der Waals surface area contributed by atoms with Crippen LogP contribution in [0.2, 0.25) is 0 Å². The Labute approximate surface area is 117 Å². The van der Waals surface area contributed by atoms with E-state index in [1.165, 1.54) is 19.2 Å². The minimum Gasteiger partial charge on any atom is -0.385 e. The number of nitrogens with one attached hydrogen (secondary N) is 2. The number of anilines is 1. The lowest BCUT2D eigenvalue weighted by molar-refractivity contribution is -0.384. The van der Waals surface area contributed by atoms with Crippen molar-refractivity contribution >= 4 is 21.4 Å². The third kappa shape index (κ3) is 4.15. The summed E-state index contributed by atoms with van der Waals surface area (Å²) in [6, 6.07) is 3.73. The lowest BCUT2D eigenvalue weighted by atomic mass is 10.2. The maximum Gasteiger partial charge on any atom is 0.293 e. The van der Waals surface area contributed by atoms with Gasteiger partial charge in [-0.2, -0.15) is 0 Å². The Balaban J connectivity index is 3.00. The molecule has 0 aromatic heterocycles. The first-order valence-corrected chi connectivity index (χ1v) is 7.35. The van der Waals surface area contributed by atoms with E-state index in [4.69, 9.17) is 4.74 Å². The SMILES string of the molecule is CNS(=O)(=O)c1ccc(NCCCOC)c([N+](=O)[O-])c1. The molecule has 0 unspecified atom stereocenters. The summed E-state index contributed by atoms with van der Waals surface area (Å²) < 4.78 is 30.2. The van der Waals surface area contributed by atoms with Gasteiger partial charge in [0.15, 0.2) is 0 Å². The van der Waals surface area contributed by atoms with Crippen LogP contribution >= 0.6 is 0 Å². The van der Waals surface area contributed by atoms with E-state index in [0.29, 0.717) is 19.6 Å². The van der Waals surface area contributed by atoms with Gasteiger partial charge in [-0.05, 0) is 25.6 Å². The predicted octanol–water partition coefficient (Wildman–Crippen LogP) is 0.951. The second-order valence-electron chi connectivity index (χ2n) is 3.92. The average molecular weight is 303 g/mol. The van der Waals surface area contributed by atoms with Gasteiger partial charge in [0.25, 0.3) is 5.69 Å². The van der Waals surface area contributed by atoms with Gasteiger partial charge in [0.2, 0.25) is 10.0 Å². The van der Waals surface area contributed by atoms with Gasteiger partial charge in [-0.1, -0.05) is 0 Å². The minimum absolute atomic E-state index is 0.144. The van der Waals surface area contributed by atoms with E-state index in [1.54, 1.807) is 7.11 Å². The number of nitrogens with zero attached hydrogens (tertiary/aromatic N) is 1. The molecule has 1 rings (SSSR count). The van der Waals surface area contributed by atoms with E-state index >= 15 is 0 Å². The molecule has 0 aliphatic heterocycles. The molecule has 0 spiro atoms. The Kier molecular flexibility index (Phi) is 5.86. The number of benzene rings is 1. The van der Waals surface area contributed by atoms with E-state index in [2.05, 4.69) is 10.0 Å². The molecule has 0 aliphatic carbocycles. The topological polar surface area (TPSA) is 111 Å². The van der Waals surface area contributed by atoms with Crippen molar-refractivity contribution in [3.05, 3.63) is 28.3 Å². The van der Waals surface area contributed by atoms with Crippen LogP contribution in [-0.4, -0.2) is 40.7 Å². The molecule has 0 saturated heterocycles. The fourth-order valence-corrected chi connectivity index (χ4v) is 2.29. The van der Waals surface area contributed by atoms with Crippen LogP contribution < -0.4 is 10.0 Å². The highest BCUT2D eigenvalue weighted by Crippen LogP contribution is 2.27. The number of methoxy groups -OCH3 is 1. The van der Waals surface area contributed by atoms with Crippen LogP contribution in [-0.2, 0) is 14.8 Å². The largest absolute Gasteiger partial charge is 0.385 e. The Morgan fingerprint density at radius 3 is 2.65 bits per heavy atom. The molecule has 0 aliphatic rings. The highest BCUT2D eigenvalue weighted by Gasteiger charge is 2.20. The van der Waals surface area contributed by atoms with E-state index in [9.17, 15) is 18.5 Å². The van der Waals surface area contributed by atoms with Crippen LogP contribution in [0.3, 0.4) is 0 Å². The monoisotopic (exact) mass is 303 g/mol. The second-order valence-corrected chi connectivity index (χ2v) is 5.80. The Hall–Kier alpha value is -1.71. The summed E-state index contributed by atoms with van der Waals surface area (Å²) in [4.78, 5) is 10.2. The molecule has 112 valence electrons. The molecule has 9 heteroatoms. The number of hydrogen-bond acceptors (Lipinski definition) is 6. The molecule has 0 amide bonds. The van der Waals surface area contributed by atoms with Crippen LogP contribution in [0, 0.1) is 10.1 Å². The first-order valence-electron chi connectivity index (χ1n) is 5.87. The summed E-state index contributed by atoms with van der Waals surface area (Å²) in [5, 5.41) is 13.9. The van der Waals surface area contributed by atoms with E-state index < -0.39 is 14.9 Å². The molecule has 0 heterocycles. The summed E-state index contributed by atoms with van der Waals surface area (Å²) in [5.41, 5.74) is -0.0000945. The molecular formula is C11H17N3O5S. The first-order chi connectivity index (χ1) is 9.42. The van der Waals surface area contributed by atoms with Crippen LogP contribution in [0.5, 0.6) is 0 Å². The number of hydrogen-bond donors (Lipinski definition) is 2. The van der Waals surface area contributed by atoms with Crippen LogP contribution in [0.1, 0.15) is 6.42 Å². The van der Waals surface area contributed by atoms with Crippen LogP contribution in [0.15, 0.2) is 23.1 Å². The zero-order valence-corrected chi connectivity index (χ0v) is 12.1. The van der Waals surface area contributed by atoms with Crippen molar-refractivity contribution < 1.29 is 18.1 Å². The minimum atomic E-state index is -3.70. The average Bonchev–Trinajstić information content (AvgIpc) is 2.43. The molecule has 1 aromatic rings. The van der Waals surface area contributed by atoms with Gasteiger partial charge in [-0.25, -0.2) is 13.1 Å². The van der Waals surface area contributed by atoms with Crippen molar-refractivity contribution in [3.63, 3.8) is 0 Å². The van der Waals surface area contributed by atoms with E-state index in [0.717, 1.165) is 6.07 Å². The third-order valence-electron chi connectivity index (χ3n) is 2.59. The van der Waals surface area contributed by atoms with Crippen molar-refractivity contribution in [2.24, 2.45) is 0 Å². The molecule has 0 bridgehead atoms. The number of nitro groups is 1. The van der Waals surface area contributed by atoms with Crippen molar-refractivity contribution in [1.29, 1.82) is 0 Å². The molecule has 20 heavy (non-hydrogen) atoms. The van der Waals surface area contributed by atoms with E-state index in [1.807, 2.05) is 0 Å². The Morgan fingerprint density at radius 1 is 1.40 bits per heavy atom. The maximum absolute atomic E-state index is 11.6. The second kappa shape index (κ2) is 7.17. The number of ether oxygens (including phenoxy) is 1. The zero-order valence-electron chi connectivity index (χ0n) is 11.3. The highest BCUT2D eigenvalue weighted by atomic mass is 32.2. The lowest BCUT2D eigenvalue weighted by Crippen LogP contribution is -2.18. The molecule has 1 aromatic carbocycles. The molecule has 0 fully saturated rings. The molecule has 8 nitrogen and oxygen atoms in total. The van der Waals surface area contributed by atoms with Crippen molar-refractivity contribution in [3.8, 4) is 0 Å². The van der Waals surface area contributed by atoms with Crippen molar-refractivity contribution in [2.75, 3.05) is 32.6 Å². The van der Waals surface area contributed by atoms with Gasteiger partial charge in [0.05, 0.1) is 9.82 Å². The quantitative estimate of drug-likeness (QED) is 0.420. The molecular weight excluding hydrogens is 286 g/mol. The summed E-state index contributed by atoms with van der Waals surface area (Å²) in [5.74, 6) is 0. The van der Waals surface area contributed by atoms with E-state index in [-0.39, 0.29) is 16.3 Å². The van der Waals surface area contributed by atoms with Gasteiger partial charge in [0.1, 0.15) is 5.69 Å². The molecule has 0 radical (unpaired) electrons. The standard InChI is InChI=1S/C11H17N3O5S/c1-12-20(17,18)9-4-5-10(11(8-9)14(15)16)13-6-3-7-19-2/h4-5,8,12-13H,3,6-7H2,1-2H3. The van der Waals surface area contributed by atoms with Gasteiger partial charge in [0, 0.05) is 26.3 Å². The number of nitro benzene ring substituents is 1. The number of sulfonamides is 1. The Bertz CT molecular complexity index is 573. The van der Waals surface area contributed by atoms with Crippen LogP contribution in [0.4, 0.5) is 11.4 Å². The summed E-state index contributed by atoms with van der Waals surface area (Å²) in [6.07, 6.45) is 0.685. The fourth-order valence-electron chi connectivity index (χ4n) is 1.54. The highest BCUT2D eigenvalue weighted by molar-refractivity contribution is 7.89. The summed E-state index contributed by atoms with van der Waals surface area (Å²) in [6.45, 7) is 1.03. The lowest BCUT2D eigenvalue weighted by Gasteiger charge is -2.08. The van der Waals surface area contributed by atoms with Crippen molar-refractivity contribution in [1.82, 2.24) is 4.72 Å². The van der Waals surface area contributed by atoms with Gasteiger partial charge in [-0.3, -0.25) is 10.1 Å². The first kappa shape index (κ1) is 16.3. The normalized spacial score (nSPS) is 11.3.